The fourth-order valence-corrected chi connectivity index (χ4v) is 1.25. The van der Waals surface area contributed by atoms with Crippen molar-refractivity contribution in [2.24, 2.45) is 12.0 Å². The van der Waals surface area contributed by atoms with E-state index in [1.165, 1.54) is 0 Å². The van der Waals surface area contributed by atoms with Crippen LogP contribution in [0.15, 0.2) is 11.1 Å². The fourth-order valence-electron chi connectivity index (χ4n) is 1.11. The zero-order chi connectivity index (χ0) is 12.3. The van der Waals surface area contributed by atoms with Gasteiger partial charge in [0.15, 0.2) is 6.19 Å². The summed E-state index contributed by atoms with van der Waals surface area (Å²) in [6.07, 6.45) is 1.73. The van der Waals surface area contributed by atoms with Crippen molar-refractivity contribution in [2.75, 3.05) is 0 Å². The maximum Gasteiger partial charge on any atom is 1.00 e. The minimum absolute atomic E-state index is 0. The third-order valence-electron chi connectivity index (χ3n) is 2.00. The maximum atomic E-state index is 8.39. The summed E-state index contributed by atoms with van der Waals surface area (Å²) in [5, 5.41) is 15.2. The van der Waals surface area contributed by atoms with Gasteiger partial charge in [-0.15, -0.1) is 0 Å². The smallest absolute Gasteiger partial charge is 0.742 e. The van der Waals surface area contributed by atoms with Gasteiger partial charge in [0.2, 0.25) is 0 Å². The van der Waals surface area contributed by atoms with Crippen LogP contribution in [0.4, 0.5) is 5.82 Å². The number of hydrogen-bond acceptors (Lipinski definition) is 4. The molecule has 86 valence electrons. The number of nitrogens with zero attached hydrogens (tertiary/aromatic N) is 4. The molecule has 0 radical (unpaired) electrons. The number of aliphatic imine (C=N–C) groups is 1. The second-order valence-electron chi connectivity index (χ2n) is 4.42. The molecule has 0 bridgehead atoms. The summed E-state index contributed by atoms with van der Waals surface area (Å²) < 4.78 is 1.64. The van der Waals surface area contributed by atoms with Gasteiger partial charge >= 0.3 is 29.6 Å². The third-order valence-corrected chi connectivity index (χ3v) is 2.20. The van der Waals surface area contributed by atoms with Crippen molar-refractivity contribution < 1.29 is 29.6 Å². The van der Waals surface area contributed by atoms with Crippen molar-refractivity contribution in [3.05, 3.63) is 11.8 Å². The van der Waals surface area contributed by atoms with Crippen molar-refractivity contribution in [3.63, 3.8) is 0 Å². The van der Waals surface area contributed by atoms with Crippen molar-refractivity contribution >= 4 is 23.6 Å². The van der Waals surface area contributed by atoms with Crippen LogP contribution in [0, 0.1) is 11.5 Å². The molecule has 1 aromatic heterocycles. The predicted molar refractivity (Wildman–Crippen MR) is 65.1 cm³/mol. The molecule has 0 atom stereocenters. The van der Waals surface area contributed by atoms with Gasteiger partial charge in [-0.2, -0.15) is 10.4 Å². The Morgan fingerprint density at radius 2 is 2.18 bits per heavy atom. The van der Waals surface area contributed by atoms with Gasteiger partial charge in [-0.1, -0.05) is 20.8 Å². The monoisotopic (exact) mass is 259 g/mol. The first kappa shape index (κ1) is 16.4. The van der Waals surface area contributed by atoms with E-state index in [-0.39, 0.29) is 40.1 Å². The second kappa shape index (κ2) is 6.36. The van der Waals surface area contributed by atoms with Crippen LogP contribution in [0.2, 0.25) is 0 Å². The van der Waals surface area contributed by atoms with E-state index in [0.717, 1.165) is 5.69 Å². The normalized spacial score (nSPS) is 11.6. The van der Waals surface area contributed by atoms with E-state index in [0.29, 0.717) is 5.82 Å². The summed E-state index contributed by atoms with van der Waals surface area (Å²) in [6, 6.07) is 1.87. The zero-order valence-electron chi connectivity index (χ0n) is 10.8. The molecule has 0 saturated heterocycles. The molecule has 0 amide bonds. The molecule has 5 nitrogen and oxygen atoms in total. The summed E-state index contributed by atoms with van der Waals surface area (Å²) in [7, 11) is 1.79. The first-order valence-corrected chi connectivity index (χ1v) is 5.20. The van der Waals surface area contributed by atoms with Crippen molar-refractivity contribution in [3.8, 4) is 6.19 Å². The molecule has 0 aliphatic carbocycles. The molecule has 1 rings (SSSR count). The Morgan fingerprint density at radius 3 is 2.59 bits per heavy atom. The maximum absolute atomic E-state index is 8.39. The van der Waals surface area contributed by atoms with Gasteiger partial charge in [-0.05, 0) is 5.17 Å². The molecule has 1 heterocycles. The molecule has 0 unspecified atom stereocenters. The number of rotatable bonds is 1. The van der Waals surface area contributed by atoms with Crippen LogP contribution in [0.1, 0.15) is 26.5 Å². The predicted octanol–water partition coefficient (Wildman–Crippen LogP) is -1.67. The number of nitrogens with one attached hydrogen (secondary N) is 1. The largest absolute Gasteiger partial charge is 1.00 e. The van der Waals surface area contributed by atoms with Gasteiger partial charge in [0, 0.05) is 18.5 Å². The summed E-state index contributed by atoms with van der Waals surface area (Å²) in [5.41, 5.74) is 0.906. The SMILES string of the molecule is Cn1nc(C(C)(C)C)cc1/N=C(\[S-])NC#N.[Na+]. The first-order chi connectivity index (χ1) is 7.34. The van der Waals surface area contributed by atoms with Crippen LogP contribution >= 0.6 is 0 Å². The minimum atomic E-state index is -0.0319. The van der Waals surface area contributed by atoms with E-state index in [1.54, 1.807) is 17.9 Å². The summed E-state index contributed by atoms with van der Waals surface area (Å²) in [4.78, 5) is 4.08. The van der Waals surface area contributed by atoms with E-state index >= 15 is 0 Å². The van der Waals surface area contributed by atoms with Crippen molar-refractivity contribution in [2.45, 2.75) is 26.2 Å². The van der Waals surface area contributed by atoms with Gasteiger partial charge in [0.1, 0.15) is 5.82 Å². The van der Waals surface area contributed by atoms with Gasteiger partial charge in [0.05, 0.1) is 5.69 Å². The summed E-state index contributed by atoms with van der Waals surface area (Å²) >= 11 is 4.86. The molecule has 0 saturated carbocycles. The van der Waals surface area contributed by atoms with Gasteiger partial charge < -0.3 is 17.9 Å². The molecular weight excluding hydrogens is 245 g/mol. The van der Waals surface area contributed by atoms with E-state index in [1.807, 2.05) is 6.07 Å². The van der Waals surface area contributed by atoms with Crippen LogP contribution in [0.5, 0.6) is 0 Å². The number of aryl methyl sites for hydroxylation is 1. The van der Waals surface area contributed by atoms with Crippen LogP contribution in [0.25, 0.3) is 0 Å². The Labute approximate surface area is 129 Å². The van der Waals surface area contributed by atoms with Crippen LogP contribution in [-0.4, -0.2) is 14.9 Å². The Hall–Kier alpha value is -0.610. The number of aromatic nitrogens is 2. The summed E-state index contributed by atoms with van der Waals surface area (Å²) in [5.74, 6) is 0.637. The molecule has 0 aliphatic heterocycles. The Kier molecular flexibility index (Phi) is 6.13. The van der Waals surface area contributed by atoms with Gasteiger partial charge in [0.25, 0.3) is 0 Å². The van der Waals surface area contributed by atoms with E-state index in [9.17, 15) is 0 Å². The van der Waals surface area contributed by atoms with Crippen molar-refractivity contribution in [1.29, 1.82) is 5.26 Å². The minimum Gasteiger partial charge on any atom is -0.742 e. The topological polar surface area (TPSA) is 66.0 Å². The number of hydrogen-bond donors (Lipinski definition) is 1. The van der Waals surface area contributed by atoms with Gasteiger partial charge in [-0.3, -0.25) is 4.68 Å². The average Bonchev–Trinajstić information content (AvgIpc) is 2.47. The molecule has 7 heteroatoms. The molecule has 0 aliphatic rings. The first-order valence-electron chi connectivity index (χ1n) is 4.80. The van der Waals surface area contributed by atoms with E-state index < -0.39 is 0 Å². The molecule has 1 aromatic rings. The standard InChI is InChI=1S/C10H15N5S.Na/c1-10(2,3)7-5-8(15(4)14-7)13-9(16)12-6-11;/h5H,1-4H3,(H2,12,13,16);/q;+1/p-1. The number of amidine groups is 1. The molecule has 1 N–H and O–H groups in total. The Balaban J connectivity index is 0.00000256. The van der Waals surface area contributed by atoms with Crippen LogP contribution in [0.3, 0.4) is 0 Å². The molecule has 0 fully saturated rings. The number of nitriles is 1. The molecule has 17 heavy (non-hydrogen) atoms. The molecule has 0 aromatic carbocycles. The fraction of sp³-hybridized carbons (Fsp3) is 0.500. The molecular formula is C10H14N5NaS. The van der Waals surface area contributed by atoms with Crippen molar-refractivity contribution in [1.82, 2.24) is 15.1 Å². The van der Waals surface area contributed by atoms with Crippen LogP contribution in [-0.2, 0) is 25.1 Å². The Morgan fingerprint density at radius 1 is 1.59 bits per heavy atom. The van der Waals surface area contributed by atoms with E-state index in [4.69, 9.17) is 17.9 Å². The third kappa shape index (κ3) is 4.64. The zero-order valence-corrected chi connectivity index (χ0v) is 13.6. The van der Waals surface area contributed by atoms with E-state index in [2.05, 4.69) is 36.2 Å². The second-order valence-corrected chi connectivity index (χ2v) is 4.80. The molecule has 0 spiro atoms. The summed E-state index contributed by atoms with van der Waals surface area (Å²) in [6.45, 7) is 6.22. The van der Waals surface area contributed by atoms with Crippen LogP contribution < -0.4 is 34.9 Å². The average molecular weight is 259 g/mol. The Bertz CT molecular complexity index is 452. The van der Waals surface area contributed by atoms with Gasteiger partial charge in [-0.25, -0.2) is 4.99 Å². The quantitative estimate of drug-likeness (QED) is 0.163.